The summed E-state index contributed by atoms with van der Waals surface area (Å²) in [4.78, 5) is 12.2. The molecule has 1 heterocycles. The number of methoxy groups -OCH3 is 1. The fourth-order valence-corrected chi connectivity index (χ4v) is 3.35. The molecular formula is C23H26FN3O2. The molecular weight excluding hydrogens is 369 g/mol. The molecule has 0 unspecified atom stereocenters. The highest BCUT2D eigenvalue weighted by Gasteiger charge is 2.14. The van der Waals surface area contributed by atoms with Crippen molar-refractivity contribution in [2.75, 3.05) is 13.7 Å². The van der Waals surface area contributed by atoms with Crippen molar-refractivity contribution in [1.29, 1.82) is 0 Å². The quantitative estimate of drug-likeness (QED) is 0.629. The van der Waals surface area contributed by atoms with Crippen LogP contribution >= 0.6 is 0 Å². The number of aromatic nitrogens is 2. The van der Waals surface area contributed by atoms with Gasteiger partial charge in [0.1, 0.15) is 11.6 Å². The lowest BCUT2D eigenvalue weighted by atomic mass is 10.1. The number of carbonyl (C=O) groups is 1. The number of ether oxygens (including phenoxy) is 1. The molecule has 29 heavy (non-hydrogen) atoms. The highest BCUT2D eigenvalue weighted by atomic mass is 19.1. The Hall–Kier alpha value is -3.15. The molecule has 0 bridgehead atoms. The third-order valence-electron chi connectivity index (χ3n) is 4.99. The van der Waals surface area contributed by atoms with Crippen LogP contribution in [0.1, 0.15) is 28.9 Å². The van der Waals surface area contributed by atoms with Crippen molar-refractivity contribution in [3.8, 4) is 11.4 Å². The van der Waals surface area contributed by atoms with E-state index in [-0.39, 0.29) is 11.7 Å². The number of benzene rings is 2. The summed E-state index contributed by atoms with van der Waals surface area (Å²) in [5, 5.41) is 7.57. The molecule has 0 aliphatic heterocycles. The van der Waals surface area contributed by atoms with Gasteiger partial charge in [0, 0.05) is 24.7 Å². The summed E-state index contributed by atoms with van der Waals surface area (Å²) >= 11 is 0. The van der Waals surface area contributed by atoms with Crippen molar-refractivity contribution in [2.24, 2.45) is 0 Å². The molecule has 3 rings (SSSR count). The summed E-state index contributed by atoms with van der Waals surface area (Å²) < 4.78 is 20.1. The van der Waals surface area contributed by atoms with Gasteiger partial charge in [-0.1, -0.05) is 18.2 Å². The van der Waals surface area contributed by atoms with Gasteiger partial charge in [-0.05, 0) is 62.1 Å². The largest absolute Gasteiger partial charge is 0.497 e. The average Bonchev–Trinajstić information content (AvgIpc) is 3.01. The monoisotopic (exact) mass is 395 g/mol. The Kier molecular flexibility index (Phi) is 6.65. The summed E-state index contributed by atoms with van der Waals surface area (Å²) in [6.07, 6.45) is 1.71. The van der Waals surface area contributed by atoms with Gasteiger partial charge < -0.3 is 10.1 Å². The van der Waals surface area contributed by atoms with E-state index >= 15 is 0 Å². The molecule has 0 fully saturated rings. The van der Waals surface area contributed by atoms with E-state index in [4.69, 9.17) is 4.74 Å². The maximum absolute atomic E-state index is 12.9. The summed E-state index contributed by atoms with van der Waals surface area (Å²) in [6.45, 7) is 4.51. The summed E-state index contributed by atoms with van der Waals surface area (Å²) in [7, 11) is 1.64. The van der Waals surface area contributed by atoms with Crippen LogP contribution in [0.25, 0.3) is 5.69 Å². The maximum Gasteiger partial charge on any atom is 0.220 e. The number of nitrogens with zero attached hydrogens (tertiary/aromatic N) is 2. The SMILES string of the molecule is COc1cccc(-n2nc(C)c(CCC(=O)NCCc3ccc(F)cc3)c2C)c1. The molecule has 5 nitrogen and oxygen atoms in total. The third-order valence-corrected chi connectivity index (χ3v) is 4.99. The summed E-state index contributed by atoms with van der Waals surface area (Å²) in [5.41, 5.74) is 4.96. The van der Waals surface area contributed by atoms with Crippen LogP contribution in [0.4, 0.5) is 4.39 Å². The predicted octanol–water partition coefficient (Wildman–Crippen LogP) is 3.93. The van der Waals surface area contributed by atoms with E-state index < -0.39 is 0 Å². The number of aryl methyl sites for hydroxylation is 1. The van der Waals surface area contributed by atoms with Gasteiger partial charge in [-0.2, -0.15) is 5.10 Å². The van der Waals surface area contributed by atoms with Gasteiger partial charge in [0.2, 0.25) is 5.91 Å². The van der Waals surface area contributed by atoms with Gasteiger partial charge >= 0.3 is 0 Å². The zero-order valence-corrected chi connectivity index (χ0v) is 17.0. The van der Waals surface area contributed by atoms with Crippen molar-refractivity contribution in [3.05, 3.63) is 76.9 Å². The first-order valence-corrected chi connectivity index (χ1v) is 9.68. The van der Waals surface area contributed by atoms with Gasteiger partial charge in [0.25, 0.3) is 0 Å². The fraction of sp³-hybridized carbons (Fsp3) is 0.304. The Balaban J connectivity index is 1.56. The van der Waals surface area contributed by atoms with Crippen molar-refractivity contribution in [2.45, 2.75) is 33.1 Å². The van der Waals surface area contributed by atoms with Gasteiger partial charge in [0.05, 0.1) is 18.5 Å². The second-order valence-electron chi connectivity index (χ2n) is 6.99. The van der Waals surface area contributed by atoms with Crippen LogP contribution in [0, 0.1) is 19.7 Å². The Morgan fingerprint density at radius 3 is 2.62 bits per heavy atom. The molecule has 0 aliphatic rings. The minimum absolute atomic E-state index is 0.0000389. The Bertz CT molecular complexity index is 980. The Labute approximate surface area is 170 Å². The van der Waals surface area contributed by atoms with Crippen LogP contribution in [0.15, 0.2) is 48.5 Å². The first-order chi connectivity index (χ1) is 14.0. The molecule has 0 aliphatic carbocycles. The zero-order chi connectivity index (χ0) is 20.8. The second kappa shape index (κ2) is 9.37. The van der Waals surface area contributed by atoms with Crippen LogP contribution < -0.4 is 10.1 Å². The van der Waals surface area contributed by atoms with E-state index in [1.54, 1.807) is 19.2 Å². The van der Waals surface area contributed by atoms with E-state index in [2.05, 4.69) is 10.4 Å². The van der Waals surface area contributed by atoms with Crippen LogP contribution in [0.3, 0.4) is 0 Å². The van der Waals surface area contributed by atoms with Crippen LogP contribution in [-0.2, 0) is 17.6 Å². The van der Waals surface area contributed by atoms with Crippen molar-refractivity contribution in [1.82, 2.24) is 15.1 Å². The molecule has 3 aromatic rings. The molecule has 6 heteroatoms. The van der Waals surface area contributed by atoms with E-state index in [9.17, 15) is 9.18 Å². The standard InChI is InChI=1S/C23H26FN3O2/c1-16-22(17(2)27(26-16)20-5-4-6-21(15-20)29-3)11-12-23(28)25-14-13-18-7-9-19(24)10-8-18/h4-10,15H,11-14H2,1-3H3,(H,25,28). The van der Waals surface area contributed by atoms with Crippen LogP contribution in [-0.4, -0.2) is 29.3 Å². The molecule has 0 radical (unpaired) electrons. The van der Waals surface area contributed by atoms with Crippen molar-refractivity contribution in [3.63, 3.8) is 0 Å². The van der Waals surface area contributed by atoms with Gasteiger partial charge in [-0.15, -0.1) is 0 Å². The number of halogens is 1. The molecule has 1 N–H and O–H groups in total. The predicted molar refractivity (Wildman–Crippen MR) is 111 cm³/mol. The van der Waals surface area contributed by atoms with E-state index in [1.165, 1.54) is 12.1 Å². The maximum atomic E-state index is 12.9. The Morgan fingerprint density at radius 1 is 1.14 bits per heavy atom. The van der Waals surface area contributed by atoms with Gasteiger partial charge in [0.15, 0.2) is 0 Å². The number of amides is 1. The van der Waals surface area contributed by atoms with Crippen LogP contribution in [0.2, 0.25) is 0 Å². The van der Waals surface area contributed by atoms with E-state index in [1.807, 2.05) is 42.8 Å². The number of rotatable bonds is 8. The topological polar surface area (TPSA) is 56.2 Å². The average molecular weight is 395 g/mol. The first-order valence-electron chi connectivity index (χ1n) is 9.68. The molecule has 0 spiro atoms. The lowest BCUT2D eigenvalue weighted by molar-refractivity contribution is -0.121. The molecule has 0 atom stereocenters. The molecule has 0 saturated heterocycles. The van der Waals surface area contributed by atoms with Gasteiger partial charge in [-0.3, -0.25) is 4.79 Å². The first kappa shape index (κ1) is 20.6. The highest BCUT2D eigenvalue weighted by Crippen LogP contribution is 2.22. The highest BCUT2D eigenvalue weighted by molar-refractivity contribution is 5.76. The zero-order valence-electron chi connectivity index (χ0n) is 17.0. The summed E-state index contributed by atoms with van der Waals surface area (Å²) in [6, 6.07) is 14.1. The second-order valence-corrected chi connectivity index (χ2v) is 6.99. The molecule has 2 aromatic carbocycles. The number of carbonyl (C=O) groups excluding carboxylic acids is 1. The number of nitrogens with one attached hydrogen (secondary N) is 1. The molecule has 152 valence electrons. The van der Waals surface area contributed by atoms with Crippen LogP contribution in [0.5, 0.6) is 5.75 Å². The summed E-state index contributed by atoms with van der Waals surface area (Å²) in [5.74, 6) is 0.523. The lowest BCUT2D eigenvalue weighted by Gasteiger charge is -2.08. The third kappa shape index (κ3) is 5.22. The minimum atomic E-state index is -0.252. The minimum Gasteiger partial charge on any atom is -0.497 e. The Morgan fingerprint density at radius 2 is 1.90 bits per heavy atom. The normalized spacial score (nSPS) is 10.8. The number of hydrogen-bond acceptors (Lipinski definition) is 3. The van der Waals surface area contributed by atoms with Crippen molar-refractivity contribution >= 4 is 5.91 Å². The van der Waals surface area contributed by atoms with E-state index in [0.717, 1.165) is 34.0 Å². The lowest BCUT2D eigenvalue weighted by Crippen LogP contribution is -2.26. The van der Waals surface area contributed by atoms with Gasteiger partial charge in [-0.25, -0.2) is 9.07 Å². The fourth-order valence-electron chi connectivity index (χ4n) is 3.35. The van der Waals surface area contributed by atoms with E-state index in [0.29, 0.717) is 25.8 Å². The smallest absolute Gasteiger partial charge is 0.220 e. The molecule has 0 saturated carbocycles. The number of hydrogen-bond donors (Lipinski definition) is 1. The molecule has 1 amide bonds. The van der Waals surface area contributed by atoms with Crippen molar-refractivity contribution < 1.29 is 13.9 Å². The molecule has 1 aromatic heterocycles.